The van der Waals surface area contributed by atoms with Gasteiger partial charge in [0.05, 0.1) is 0 Å². The number of hydrogen-bond acceptors (Lipinski definition) is 3. The van der Waals surface area contributed by atoms with E-state index in [0.29, 0.717) is 39.1 Å². The third-order valence-corrected chi connectivity index (χ3v) is 6.88. The summed E-state index contributed by atoms with van der Waals surface area (Å²) in [6, 6.07) is -0.324. The fourth-order valence-electron chi connectivity index (χ4n) is 5.05. The Hall–Kier alpha value is -1.59. The second-order valence-electron chi connectivity index (χ2n) is 10.2. The maximum atomic E-state index is 13.1. The van der Waals surface area contributed by atoms with Gasteiger partial charge in [-0.15, -0.1) is 0 Å². The smallest absolute Gasteiger partial charge is 0.245 e. The number of piperazine rings is 1. The van der Waals surface area contributed by atoms with Crippen LogP contribution >= 0.6 is 0 Å². The van der Waals surface area contributed by atoms with Gasteiger partial charge in [0.15, 0.2) is 0 Å². The van der Waals surface area contributed by atoms with Crippen LogP contribution in [-0.2, 0) is 14.4 Å². The highest BCUT2D eigenvalue weighted by Crippen LogP contribution is 2.28. The van der Waals surface area contributed by atoms with Gasteiger partial charge >= 0.3 is 0 Å². The first-order valence-electron chi connectivity index (χ1n) is 11.6. The summed E-state index contributed by atoms with van der Waals surface area (Å²) in [4.78, 5) is 44.0. The highest BCUT2D eigenvalue weighted by Gasteiger charge is 2.40. The summed E-state index contributed by atoms with van der Waals surface area (Å²) < 4.78 is 0. The van der Waals surface area contributed by atoms with E-state index in [1.165, 1.54) is 32.1 Å². The Morgan fingerprint density at radius 3 is 2.03 bits per heavy atom. The predicted octanol–water partition coefficient (Wildman–Crippen LogP) is 3.05. The molecule has 3 fully saturated rings. The third-order valence-electron chi connectivity index (χ3n) is 6.88. The molecule has 2 heterocycles. The zero-order chi connectivity index (χ0) is 21.0. The zero-order valence-electron chi connectivity index (χ0n) is 18.6. The molecule has 6 nitrogen and oxygen atoms in total. The Balaban J connectivity index is 1.46. The average Bonchev–Trinajstić information content (AvgIpc) is 3.20. The first kappa shape index (κ1) is 22.1. The van der Waals surface area contributed by atoms with Crippen molar-refractivity contribution in [3.05, 3.63) is 0 Å². The second kappa shape index (κ2) is 9.48. The molecule has 3 amide bonds. The van der Waals surface area contributed by atoms with Gasteiger partial charge in [-0.25, -0.2) is 0 Å². The summed E-state index contributed by atoms with van der Waals surface area (Å²) in [7, 11) is 0. The third kappa shape index (κ3) is 5.52. The summed E-state index contributed by atoms with van der Waals surface area (Å²) in [5, 5.41) is 0. The van der Waals surface area contributed by atoms with Gasteiger partial charge in [-0.2, -0.15) is 0 Å². The number of carbonyl (C=O) groups is 3. The van der Waals surface area contributed by atoms with Crippen molar-refractivity contribution in [3.63, 3.8) is 0 Å². The molecule has 1 unspecified atom stereocenters. The van der Waals surface area contributed by atoms with Crippen molar-refractivity contribution in [1.82, 2.24) is 14.7 Å². The van der Waals surface area contributed by atoms with E-state index in [-0.39, 0.29) is 23.8 Å². The molecule has 2 saturated heterocycles. The Labute approximate surface area is 176 Å². The molecule has 0 radical (unpaired) electrons. The molecular formula is C23H39N3O3. The van der Waals surface area contributed by atoms with Crippen LogP contribution in [0, 0.1) is 11.3 Å². The van der Waals surface area contributed by atoms with E-state index in [0.717, 1.165) is 25.2 Å². The minimum atomic E-state index is -0.466. The van der Waals surface area contributed by atoms with Gasteiger partial charge in [0.2, 0.25) is 17.7 Å². The van der Waals surface area contributed by atoms with Gasteiger partial charge in [0.25, 0.3) is 0 Å². The molecule has 0 aromatic carbocycles. The van der Waals surface area contributed by atoms with Gasteiger partial charge in [-0.05, 0) is 25.2 Å². The molecule has 29 heavy (non-hydrogen) atoms. The molecule has 2 aliphatic heterocycles. The number of amides is 3. The lowest BCUT2D eigenvalue weighted by molar-refractivity contribution is -0.150. The van der Waals surface area contributed by atoms with Gasteiger partial charge in [0.1, 0.15) is 6.04 Å². The van der Waals surface area contributed by atoms with E-state index in [1.807, 2.05) is 30.6 Å². The van der Waals surface area contributed by atoms with Crippen LogP contribution in [0.4, 0.5) is 0 Å². The number of likely N-dealkylation sites (tertiary alicyclic amines) is 1. The fourth-order valence-corrected chi connectivity index (χ4v) is 5.05. The van der Waals surface area contributed by atoms with E-state index in [1.54, 1.807) is 4.90 Å². The van der Waals surface area contributed by atoms with Crippen LogP contribution in [0.5, 0.6) is 0 Å². The largest absolute Gasteiger partial charge is 0.339 e. The van der Waals surface area contributed by atoms with Crippen LogP contribution in [0.3, 0.4) is 0 Å². The van der Waals surface area contributed by atoms with Crippen molar-refractivity contribution in [3.8, 4) is 0 Å². The lowest BCUT2D eigenvalue weighted by Crippen LogP contribution is -2.56. The summed E-state index contributed by atoms with van der Waals surface area (Å²) >= 11 is 0. The number of carbonyl (C=O) groups excluding carboxylic acids is 3. The Kier molecular flexibility index (Phi) is 7.23. The minimum Gasteiger partial charge on any atom is -0.339 e. The second-order valence-corrected chi connectivity index (χ2v) is 10.2. The van der Waals surface area contributed by atoms with Crippen molar-refractivity contribution < 1.29 is 14.4 Å². The van der Waals surface area contributed by atoms with Crippen LogP contribution in [0.25, 0.3) is 0 Å². The first-order valence-corrected chi connectivity index (χ1v) is 11.6. The fraction of sp³-hybridized carbons (Fsp3) is 0.870. The minimum absolute atomic E-state index is 0.0601. The monoisotopic (exact) mass is 405 g/mol. The van der Waals surface area contributed by atoms with E-state index in [2.05, 4.69) is 0 Å². The van der Waals surface area contributed by atoms with Crippen LogP contribution in [0.15, 0.2) is 0 Å². The molecule has 1 atom stereocenters. The first-order chi connectivity index (χ1) is 13.8. The molecule has 6 heteroatoms. The molecule has 0 aromatic rings. The average molecular weight is 406 g/mol. The van der Waals surface area contributed by atoms with E-state index >= 15 is 0 Å². The summed E-state index contributed by atoms with van der Waals surface area (Å²) in [5.41, 5.74) is -0.466. The molecule has 3 aliphatic rings. The van der Waals surface area contributed by atoms with Crippen molar-refractivity contribution in [1.29, 1.82) is 0 Å². The number of rotatable bonds is 4. The van der Waals surface area contributed by atoms with Gasteiger partial charge in [-0.3, -0.25) is 14.4 Å². The Bertz CT molecular complexity index is 599. The highest BCUT2D eigenvalue weighted by molar-refractivity contribution is 5.90. The molecule has 0 spiro atoms. The molecule has 0 bridgehead atoms. The van der Waals surface area contributed by atoms with Crippen LogP contribution in [-0.4, -0.2) is 71.2 Å². The summed E-state index contributed by atoms with van der Waals surface area (Å²) in [6.07, 6.45) is 9.84. The summed E-state index contributed by atoms with van der Waals surface area (Å²) in [5.74, 6) is 1.09. The molecular weight excluding hydrogens is 366 g/mol. The summed E-state index contributed by atoms with van der Waals surface area (Å²) in [6.45, 7) is 8.81. The standard InChI is InChI=1S/C23H39N3O3/c1-23(2,3)22(29)26-13-7-10-19(26)21(28)25-16-14-24(15-17-25)20(27)12-11-18-8-5-4-6-9-18/h18-19H,4-17H2,1-3H3. The maximum absolute atomic E-state index is 13.1. The van der Waals surface area contributed by atoms with Crippen molar-refractivity contribution in [2.45, 2.75) is 84.6 Å². The normalized spacial score (nSPS) is 24.1. The number of nitrogens with zero attached hydrogens (tertiary/aromatic N) is 3. The van der Waals surface area contributed by atoms with E-state index < -0.39 is 5.41 Å². The van der Waals surface area contributed by atoms with Crippen LogP contribution in [0.1, 0.15) is 78.6 Å². The van der Waals surface area contributed by atoms with E-state index in [9.17, 15) is 14.4 Å². The molecule has 1 aliphatic carbocycles. The lowest BCUT2D eigenvalue weighted by Gasteiger charge is -2.38. The quantitative estimate of drug-likeness (QED) is 0.722. The van der Waals surface area contributed by atoms with Gasteiger partial charge in [0, 0.05) is 44.6 Å². The number of hydrogen-bond donors (Lipinski definition) is 0. The molecule has 3 rings (SSSR count). The Morgan fingerprint density at radius 2 is 1.41 bits per heavy atom. The SMILES string of the molecule is CC(C)(C)C(=O)N1CCCC1C(=O)N1CCN(C(=O)CCC2CCCCC2)CC1. The highest BCUT2D eigenvalue weighted by atomic mass is 16.2. The lowest BCUT2D eigenvalue weighted by atomic mass is 9.86. The Morgan fingerprint density at radius 1 is 0.793 bits per heavy atom. The van der Waals surface area contributed by atoms with Crippen molar-refractivity contribution in [2.75, 3.05) is 32.7 Å². The van der Waals surface area contributed by atoms with Crippen LogP contribution < -0.4 is 0 Å². The topological polar surface area (TPSA) is 60.9 Å². The maximum Gasteiger partial charge on any atom is 0.245 e. The van der Waals surface area contributed by atoms with Crippen molar-refractivity contribution in [2.24, 2.45) is 11.3 Å². The molecule has 0 N–H and O–H groups in total. The molecule has 0 aromatic heterocycles. The van der Waals surface area contributed by atoms with Crippen LogP contribution in [0.2, 0.25) is 0 Å². The van der Waals surface area contributed by atoms with E-state index in [4.69, 9.17) is 0 Å². The molecule has 1 saturated carbocycles. The van der Waals surface area contributed by atoms with Gasteiger partial charge < -0.3 is 14.7 Å². The predicted molar refractivity (Wildman–Crippen MR) is 113 cm³/mol. The van der Waals surface area contributed by atoms with Gasteiger partial charge in [-0.1, -0.05) is 52.9 Å². The zero-order valence-corrected chi connectivity index (χ0v) is 18.6. The van der Waals surface area contributed by atoms with Crippen molar-refractivity contribution >= 4 is 17.7 Å². The molecule has 164 valence electrons.